The molecule has 0 radical (unpaired) electrons. The van der Waals surface area contributed by atoms with Gasteiger partial charge in [0.2, 0.25) is 5.91 Å². The molecule has 2 nitrogen and oxygen atoms in total. The van der Waals surface area contributed by atoms with Crippen LogP contribution in [0.2, 0.25) is 0 Å². The van der Waals surface area contributed by atoms with Crippen LogP contribution >= 0.6 is 0 Å². The van der Waals surface area contributed by atoms with Crippen molar-refractivity contribution in [3.8, 4) is 0 Å². The Morgan fingerprint density at radius 2 is 2.25 bits per heavy atom. The summed E-state index contributed by atoms with van der Waals surface area (Å²) in [5.74, 6) is 0.127. The van der Waals surface area contributed by atoms with Crippen molar-refractivity contribution < 1.29 is 35.8 Å². The molecule has 1 amide bonds. The van der Waals surface area contributed by atoms with Gasteiger partial charge in [-0.05, 0) is 6.42 Å². The van der Waals surface area contributed by atoms with Gasteiger partial charge in [-0.2, -0.15) is 0 Å². The Balaban J connectivity index is -0.000000180. The summed E-state index contributed by atoms with van der Waals surface area (Å²) in [5.41, 5.74) is 0. The third-order valence-corrected chi connectivity index (χ3v) is 0.756. The molecule has 0 spiro atoms. The predicted molar refractivity (Wildman–Crippen MR) is 30.1 cm³/mol. The van der Waals surface area contributed by atoms with Gasteiger partial charge in [0.15, 0.2) is 0 Å². The first kappa shape index (κ1) is 11.3. The van der Waals surface area contributed by atoms with E-state index in [1.165, 1.54) is 0 Å². The van der Waals surface area contributed by atoms with Crippen LogP contribution in [0.5, 0.6) is 0 Å². The monoisotopic (exact) mass is 125 g/mol. The molecule has 1 N–H and O–H groups in total. The molecule has 0 saturated carbocycles. The van der Waals surface area contributed by atoms with Crippen molar-refractivity contribution in [2.45, 2.75) is 19.8 Å². The molecule has 0 fully saturated rings. The second kappa shape index (κ2) is 7.47. The van der Waals surface area contributed by atoms with Crippen LogP contribution in [0.3, 0.4) is 0 Å². The quantitative estimate of drug-likeness (QED) is 0.411. The first-order valence-electron chi connectivity index (χ1n) is 2.51. The number of rotatable bonds is 2. The normalized spacial score (nSPS) is 7.25. The zero-order valence-electron chi connectivity index (χ0n) is 6.82. The Kier molecular flexibility index (Phi) is 10.5. The van der Waals surface area contributed by atoms with Crippen molar-refractivity contribution in [1.29, 1.82) is 0 Å². The zero-order chi connectivity index (χ0) is 5.70. The van der Waals surface area contributed by atoms with E-state index in [0.717, 1.165) is 6.42 Å². The van der Waals surface area contributed by atoms with Crippen molar-refractivity contribution in [2.24, 2.45) is 0 Å². The molecule has 0 aliphatic carbocycles. The fraction of sp³-hybridized carbons (Fsp3) is 0.800. The van der Waals surface area contributed by atoms with E-state index in [1.807, 2.05) is 6.92 Å². The molecule has 44 valence electrons. The van der Waals surface area contributed by atoms with Gasteiger partial charge >= 0.3 is 29.6 Å². The van der Waals surface area contributed by atoms with E-state index < -0.39 is 0 Å². The largest absolute Gasteiger partial charge is 1.00 e. The Bertz CT molecular complexity index is 70.0. The summed E-state index contributed by atoms with van der Waals surface area (Å²) in [4.78, 5) is 10.3. The molecule has 0 unspecified atom stereocenters. The standard InChI is InChI=1S/C5H11NO.Na.H/c1-3-4-5(7)6-2;;/h3-4H2,1-2H3,(H,6,7);;/q;+1;-1. The minimum absolute atomic E-state index is 0. The van der Waals surface area contributed by atoms with Crippen LogP contribution in [0.4, 0.5) is 0 Å². The third kappa shape index (κ3) is 6.47. The maximum atomic E-state index is 10.3. The number of carbonyl (C=O) groups is 1. The summed E-state index contributed by atoms with van der Waals surface area (Å²) in [6, 6.07) is 0. The molecule has 0 aromatic carbocycles. The average molecular weight is 125 g/mol. The van der Waals surface area contributed by atoms with Crippen molar-refractivity contribution >= 4 is 5.91 Å². The molecule has 0 atom stereocenters. The summed E-state index contributed by atoms with van der Waals surface area (Å²) < 4.78 is 0. The van der Waals surface area contributed by atoms with Crippen LogP contribution in [-0.4, -0.2) is 13.0 Å². The Morgan fingerprint density at radius 3 is 2.38 bits per heavy atom. The van der Waals surface area contributed by atoms with Gasteiger partial charge in [0.25, 0.3) is 0 Å². The Morgan fingerprint density at radius 1 is 1.75 bits per heavy atom. The third-order valence-electron chi connectivity index (χ3n) is 0.756. The topological polar surface area (TPSA) is 29.1 Å². The summed E-state index contributed by atoms with van der Waals surface area (Å²) in [5, 5.41) is 2.53. The van der Waals surface area contributed by atoms with Crippen LogP contribution in [0.25, 0.3) is 0 Å². The number of hydrogen-bond donors (Lipinski definition) is 1. The minimum atomic E-state index is 0. The predicted octanol–water partition coefficient (Wildman–Crippen LogP) is -2.35. The van der Waals surface area contributed by atoms with Gasteiger partial charge in [0, 0.05) is 13.5 Å². The number of nitrogens with one attached hydrogen (secondary N) is 1. The molecule has 0 rings (SSSR count). The smallest absolute Gasteiger partial charge is 1.00 e. The Labute approximate surface area is 73.8 Å². The molecule has 0 saturated heterocycles. The number of carbonyl (C=O) groups excluding carboxylic acids is 1. The molecular formula is C5H12NNaO. The van der Waals surface area contributed by atoms with Gasteiger partial charge < -0.3 is 6.74 Å². The van der Waals surface area contributed by atoms with Crippen molar-refractivity contribution in [2.75, 3.05) is 7.05 Å². The average Bonchev–Trinajstić information content (AvgIpc) is 1.68. The maximum Gasteiger partial charge on any atom is 1.00 e. The molecular weight excluding hydrogens is 113 g/mol. The summed E-state index contributed by atoms with van der Waals surface area (Å²) >= 11 is 0. The van der Waals surface area contributed by atoms with Gasteiger partial charge in [0.05, 0.1) is 0 Å². The van der Waals surface area contributed by atoms with E-state index in [4.69, 9.17) is 0 Å². The number of amides is 1. The van der Waals surface area contributed by atoms with Crippen molar-refractivity contribution in [3.05, 3.63) is 0 Å². The van der Waals surface area contributed by atoms with Gasteiger partial charge in [-0.25, -0.2) is 0 Å². The summed E-state index contributed by atoms with van der Waals surface area (Å²) in [7, 11) is 1.65. The number of hydrogen-bond acceptors (Lipinski definition) is 1. The van der Waals surface area contributed by atoms with Gasteiger partial charge in [0.1, 0.15) is 0 Å². The van der Waals surface area contributed by atoms with E-state index in [0.29, 0.717) is 6.42 Å². The Hall–Kier alpha value is 0.470. The fourth-order valence-corrected chi connectivity index (χ4v) is 0.352. The first-order valence-corrected chi connectivity index (χ1v) is 2.51. The molecule has 3 heteroatoms. The van der Waals surface area contributed by atoms with Crippen molar-refractivity contribution in [1.82, 2.24) is 5.32 Å². The fourth-order valence-electron chi connectivity index (χ4n) is 0.352. The molecule has 0 aliphatic heterocycles. The van der Waals surface area contributed by atoms with Crippen LogP contribution in [0, 0.1) is 0 Å². The zero-order valence-corrected chi connectivity index (χ0v) is 7.82. The minimum Gasteiger partial charge on any atom is -1.00 e. The molecule has 8 heavy (non-hydrogen) atoms. The molecule has 0 aromatic rings. The molecule has 0 aromatic heterocycles. The van der Waals surface area contributed by atoms with Gasteiger partial charge in [-0.1, -0.05) is 6.92 Å². The van der Waals surface area contributed by atoms with Crippen LogP contribution < -0.4 is 34.9 Å². The summed E-state index contributed by atoms with van der Waals surface area (Å²) in [6.07, 6.45) is 1.58. The van der Waals surface area contributed by atoms with Crippen LogP contribution in [0.1, 0.15) is 21.2 Å². The molecule has 0 heterocycles. The second-order valence-corrected chi connectivity index (χ2v) is 1.42. The maximum absolute atomic E-state index is 10.3. The van der Waals surface area contributed by atoms with Gasteiger partial charge in [-0.3, -0.25) is 4.79 Å². The van der Waals surface area contributed by atoms with Crippen LogP contribution in [-0.2, 0) is 4.79 Å². The molecule has 0 bridgehead atoms. The SMILES string of the molecule is CCCC(=O)NC.[H-].[Na+]. The van der Waals surface area contributed by atoms with E-state index in [1.54, 1.807) is 7.05 Å². The van der Waals surface area contributed by atoms with Crippen molar-refractivity contribution in [3.63, 3.8) is 0 Å². The van der Waals surface area contributed by atoms with E-state index in [9.17, 15) is 4.79 Å². The van der Waals surface area contributed by atoms with Gasteiger partial charge in [-0.15, -0.1) is 0 Å². The summed E-state index contributed by atoms with van der Waals surface area (Å²) in [6.45, 7) is 1.98. The first-order chi connectivity index (χ1) is 3.31. The van der Waals surface area contributed by atoms with E-state index >= 15 is 0 Å². The molecule has 0 aliphatic rings. The second-order valence-electron chi connectivity index (χ2n) is 1.42. The van der Waals surface area contributed by atoms with E-state index in [2.05, 4.69) is 5.32 Å². The van der Waals surface area contributed by atoms with Crippen LogP contribution in [0.15, 0.2) is 0 Å². The van der Waals surface area contributed by atoms with E-state index in [-0.39, 0.29) is 36.9 Å².